The molecule has 2 fully saturated rings. The van der Waals surface area contributed by atoms with E-state index in [2.05, 4.69) is 5.32 Å². The average Bonchev–Trinajstić information content (AvgIpc) is 3.03. The molecule has 0 aromatic heterocycles. The zero-order valence-electron chi connectivity index (χ0n) is 17.0. The van der Waals surface area contributed by atoms with Crippen molar-refractivity contribution >= 4 is 17.7 Å². The van der Waals surface area contributed by atoms with Crippen molar-refractivity contribution in [1.82, 2.24) is 5.32 Å². The molecule has 0 radical (unpaired) electrons. The van der Waals surface area contributed by atoms with E-state index in [1.165, 1.54) is 6.92 Å². The second-order valence-electron chi connectivity index (χ2n) is 7.64. The van der Waals surface area contributed by atoms with Crippen LogP contribution in [0, 0.1) is 0 Å². The molecule has 2 saturated heterocycles. The van der Waals surface area contributed by atoms with E-state index >= 15 is 0 Å². The number of carbonyl (C=O) groups excluding carboxylic acids is 3. The van der Waals surface area contributed by atoms with Crippen molar-refractivity contribution in [3.63, 3.8) is 0 Å². The molecule has 2 rings (SSSR count). The Balaban J connectivity index is 0.00000392. The summed E-state index contributed by atoms with van der Waals surface area (Å²) in [5.74, 6) is -5.58. The van der Waals surface area contributed by atoms with Crippen LogP contribution in [-0.2, 0) is 33.3 Å². The van der Waals surface area contributed by atoms with Gasteiger partial charge in [0.05, 0.1) is 18.8 Å². The minimum absolute atomic E-state index is 0. The number of rotatable bonds is 7. The molecule has 0 aromatic rings. The maximum atomic E-state index is 11.6. The van der Waals surface area contributed by atoms with Crippen LogP contribution in [-0.4, -0.2) is 71.4 Å². The summed E-state index contributed by atoms with van der Waals surface area (Å²) in [7, 11) is 0. The van der Waals surface area contributed by atoms with Crippen LogP contribution in [0.4, 0.5) is 0 Å². The number of amides is 1. The van der Waals surface area contributed by atoms with Crippen LogP contribution in [0.15, 0.2) is 0 Å². The van der Waals surface area contributed by atoms with Crippen LogP contribution in [0.2, 0.25) is 0 Å². The van der Waals surface area contributed by atoms with E-state index in [9.17, 15) is 24.6 Å². The number of hydrogen-bond donors (Lipinski definition) is 2. The van der Waals surface area contributed by atoms with Crippen LogP contribution in [0.25, 0.3) is 0 Å². The number of carboxylic acids is 1. The molecule has 0 bridgehead atoms. The smallest absolute Gasteiger partial charge is 0.542 e. The molecule has 5 atom stereocenters. The van der Waals surface area contributed by atoms with Gasteiger partial charge >= 0.3 is 29.6 Å². The Kier molecular flexibility index (Phi) is 8.62. The Bertz CT molecular complexity index is 609. The molecule has 2 heterocycles. The maximum Gasteiger partial charge on any atom is 1.00 e. The van der Waals surface area contributed by atoms with Crippen LogP contribution < -0.4 is 40.0 Å². The summed E-state index contributed by atoms with van der Waals surface area (Å²) in [6.45, 7) is 8.22. The minimum atomic E-state index is -1.91. The van der Waals surface area contributed by atoms with Crippen molar-refractivity contribution in [3.8, 4) is 0 Å². The monoisotopic (exact) mass is 411 g/mol. The Labute approximate surface area is 185 Å². The molecule has 0 spiro atoms. The van der Waals surface area contributed by atoms with E-state index in [0.717, 1.165) is 0 Å². The van der Waals surface area contributed by atoms with Crippen molar-refractivity contribution in [1.29, 1.82) is 0 Å². The normalized spacial score (nSPS) is 30.1. The molecule has 28 heavy (non-hydrogen) atoms. The number of carboxylic acid groups (broad SMARTS) is 1. The van der Waals surface area contributed by atoms with Crippen LogP contribution >= 0.6 is 0 Å². The summed E-state index contributed by atoms with van der Waals surface area (Å²) in [6.07, 6.45) is -4.46. The third-order valence-corrected chi connectivity index (χ3v) is 4.32. The number of aliphatic carboxylic acids is 1. The second kappa shape index (κ2) is 9.48. The molecule has 154 valence electrons. The number of ether oxygens (including phenoxy) is 4. The SMILES string of the molecule is CC(=O)N[C@H]([C@H]1OC(C)(C)O[C@@H]1[C@@H]1COC(C)(C)O1)[C@@H](O)CC(=O)C(=O)[O-].[Na+]. The number of Topliss-reactive ketones (excluding diaryl/α,β-unsaturated/α-hetero) is 1. The summed E-state index contributed by atoms with van der Waals surface area (Å²) in [6, 6.07) is -1.11. The number of ketones is 1. The van der Waals surface area contributed by atoms with Crippen molar-refractivity contribution in [2.75, 3.05) is 6.61 Å². The fourth-order valence-electron chi connectivity index (χ4n) is 3.29. The molecular formula is C17H26NNaO9. The first-order valence-electron chi connectivity index (χ1n) is 8.68. The van der Waals surface area contributed by atoms with Gasteiger partial charge in [0.2, 0.25) is 5.91 Å². The van der Waals surface area contributed by atoms with Gasteiger partial charge in [-0.3, -0.25) is 9.59 Å². The molecule has 2 aliphatic heterocycles. The molecule has 0 saturated carbocycles. The van der Waals surface area contributed by atoms with Crippen molar-refractivity contribution in [2.24, 2.45) is 0 Å². The second-order valence-corrected chi connectivity index (χ2v) is 7.64. The van der Waals surface area contributed by atoms with Gasteiger partial charge in [-0.25, -0.2) is 0 Å². The van der Waals surface area contributed by atoms with Gasteiger partial charge in [-0.2, -0.15) is 0 Å². The van der Waals surface area contributed by atoms with E-state index in [1.54, 1.807) is 27.7 Å². The quantitative estimate of drug-likeness (QED) is 0.312. The van der Waals surface area contributed by atoms with Gasteiger partial charge < -0.3 is 39.3 Å². The van der Waals surface area contributed by atoms with Crippen molar-refractivity contribution in [3.05, 3.63) is 0 Å². The Morgan fingerprint density at radius 2 is 1.75 bits per heavy atom. The van der Waals surface area contributed by atoms with Gasteiger partial charge in [0.25, 0.3) is 0 Å². The molecular weight excluding hydrogens is 385 g/mol. The van der Waals surface area contributed by atoms with Crippen LogP contribution in [0.3, 0.4) is 0 Å². The Morgan fingerprint density at radius 3 is 2.21 bits per heavy atom. The standard InChI is InChI=1S/C17H27NO9.Na/c1-8(19)18-12(9(20)6-10(21)15(22)23)14-13(26-17(4,5)27-14)11-7-24-16(2,3)25-11;/h9,11-14,20H,6-7H2,1-5H3,(H,18,19)(H,22,23);/q;+1/p-1/t9-,11-,12-,13+,14+;/m0./s1. The van der Waals surface area contributed by atoms with Gasteiger partial charge in [0, 0.05) is 13.3 Å². The van der Waals surface area contributed by atoms with E-state index in [1.807, 2.05) is 0 Å². The average molecular weight is 411 g/mol. The van der Waals surface area contributed by atoms with Gasteiger partial charge in [-0.05, 0) is 27.7 Å². The van der Waals surface area contributed by atoms with Gasteiger partial charge in [-0.15, -0.1) is 0 Å². The molecule has 1 amide bonds. The largest absolute Gasteiger partial charge is 1.00 e. The Morgan fingerprint density at radius 1 is 1.14 bits per heavy atom. The van der Waals surface area contributed by atoms with Crippen molar-refractivity contribution < 1.29 is 73.1 Å². The zero-order valence-corrected chi connectivity index (χ0v) is 19.0. The van der Waals surface area contributed by atoms with E-state index < -0.39 is 66.1 Å². The van der Waals surface area contributed by atoms with Crippen molar-refractivity contribution in [2.45, 2.75) is 83.1 Å². The molecule has 0 aliphatic carbocycles. The zero-order chi connectivity index (χ0) is 20.6. The number of aliphatic hydroxyl groups is 1. The third-order valence-electron chi connectivity index (χ3n) is 4.32. The first-order chi connectivity index (χ1) is 12.3. The molecule has 0 unspecified atom stereocenters. The number of nitrogens with one attached hydrogen (secondary N) is 1. The predicted octanol–water partition coefficient (Wildman–Crippen LogP) is -4.76. The summed E-state index contributed by atoms with van der Waals surface area (Å²) >= 11 is 0. The molecule has 11 heteroatoms. The van der Waals surface area contributed by atoms with Crippen LogP contribution in [0.5, 0.6) is 0 Å². The number of aliphatic hydroxyl groups excluding tert-OH is 1. The van der Waals surface area contributed by atoms with E-state index in [0.29, 0.717) is 0 Å². The van der Waals surface area contributed by atoms with E-state index in [4.69, 9.17) is 18.9 Å². The first-order valence-corrected chi connectivity index (χ1v) is 8.68. The summed E-state index contributed by atoms with van der Waals surface area (Å²) in [5, 5.41) is 23.7. The maximum absolute atomic E-state index is 11.6. The summed E-state index contributed by atoms with van der Waals surface area (Å²) in [5.41, 5.74) is 0. The molecule has 2 N–H and O–H groups in total. The Hall–Kier alpha value is -0.590. The first kappa shape index (κ1) is 25.4. The molecule has 0 aromatic carbocycles. The number of carbonyl (C=O) groups is 3. The number of hydrogen-bond acceptors (Lipinski definition) is 9. The van der Waals surface area contributed by atoms with Gasteiger partial charge in [0.1, 0.15) is 24.3 Å². The van der Waals surface area contributed by atoms with Gasteiger partial charge in [-0.1, -0.05) is 0 Å². The molecule has 10 nitrogen and oxygen atoms in total. The summed E-state index contributed by atoms with van der Waals surface area (Å²) < 4.78 is 23.1. The topological polar surface area (TPSA) is 143 Å². The molecule has 2 aliphatic rings. The van der Waals surface area contributed by atoms with E-state index in [-0.39, 0.29) is 36.2 Å². The fraction of sp³-hybridized carbons (Fsp3) is 0.824. The van der Waals surface area contributed by atoms with Crippen LogP contribution in [0.1, 0.15) is 41.0 Å². The fourth-order valence-corrected chi connectivity index (χ4v) is 3.29. The minimum Gasteiger partial charge on any atom is -0.542 e. The third kappa shape index (κ3) is 6.46. The predicted molar refractivity (Wildman–Crippen MR) is 87.0 cm³/mol. The summed E-state index contributed by atoms with van der Waals surface area (Å²) in [4.78, 5) is 33.8. The van der Waals surface area contributed by atoms with Gasteiger partial charge in [0.15, 0.2) is 17.4 Å².